The summed E-state index contributed by atoms with van der Waals surface area (Å²) >= 11 is 0. The molecule has 0 saturated heterocycles. The molecule has 1 N–H and O–H groups in total. The summed E-state index contributed by atoms with van der Waals surface area (Å²) in [7, 11) is -3.67. The molecule has 0 aromatic rings. The molecule has 0 unspecified atom stereocenters. The predicted molar refractivity (Wildman–Crippen MR) is 17.5 cm³/mol. The van der Waals surface area contributed by atoms with E-state index in [0.717, 1.165) is 0 Å². The van der Waals surface area contributed by atoms with E-state index in [1.165, 1.54) is 0 Å². The van der Waals surface area contributed by atoms with Crippen molar-refractivity contribution in [1.29, 1.82) is 0 Å². The third-order valence-corrected chi connectivity index (χ3v) is 0. The van der Waals surface area contributed by atoms with E-state index < -0.39 is 10.1 Å². The number of hydrogen-bond donors (Lipinski definition) is 1. The number of rotatable bonds is 0. The smallest absolute Gasteiger partial charge is 0.261 e. The Hall–Kier alpha value is 1.51. The maximum absolute atomic E-state index is 9.19. The second kappa shape index (κ2) is 3.50. The molecule has 0 aliphatic rings. The van der Waals surface area contributed by atoms with Gasteiger partial charge in [0.25, 0.3) is 10.1 Å². The molecular formula is CH4FrO3S. The topological polar surface area (TPSA) is 54.4 Å². The average Bonchev–Trinajstić information content (AvgIpc) is 0.722. The van der Waals surface area contributed by atoms with Gasteiger partial charge in [-0.1, -0.05) is 0 Å². The van der Waals surface area contributed by atoms with Gasteiger partial charge in [0.1, 0.15) is 0 Å². The third-order valence-electron chi connectivity index (χ3n) is 0. The van der Waals surface area contributed by atoms with Gasteiger partial charge in [-0.2, -0.15) is 8.42 Å². The van der Waals surface area contributed by atoms with Gasteiger partial charge in [0, 0.05) is 49.9 Å². The van der Waals surface area contributed by atoms with Crippen LogP contribution in [0.5, 0.6) is 0 Å². The maximum Gasteiger partial charge on any atom is 0.261 e. The Bertz CT molecular complexity index is 94.0. The monoisotopic (exact) mass is 319 g/mol. The minimum Gasteiger partial charge on any atom is -0.286 e. The molecule has 5 heteroatoms. The van der Waals surface area contributed by atoms with E-state index in [9.17, 15) is 8.42 Å². The van der Waals surface area contributed by atoms with E-state index in [-0.39, 0.29) is 49.9 Å². The van der Waals surface area contributed by atoms with Gasteiger partial charge >= 0.3 is 0 Å². The van der Waals surface area contributed by atoms with Crippen LogP contribution in [0.25, 0.3) is 0 Å². The van der Waals surface area contributed by atoms with Crippen molar-refractivity contribution >= 4 is 10.1 Å². The second-order valence-corrected chi connectivity index (χ2v) is 2.20. The molecule has 0 aliphatic carbocycles. The van der Waals surface area contributed by atoms with Gasteiger partial charge in [-0.3, -0.25) is 4.55 Å². The van der Waals surface area contributed by atoms with Crippen LogP contribution in [0.1, 0.15) is 0 Å². The molecule has 0 heterocycles. The first-order valence-corrected chi connectivity index (χ1v) is 2.77. The zero-order chi connectivity index (χ0) is 4.50. The standard InChI is InChI=1S/CH4O3S.Fr/c1-5(2,3)4;/h1H3,(H,2,3,4);. The summed E-state index contributed by atoms with van der Waals surface area (Å²) in [5.41, 5.74) is 0. The zero-order valence-corrected chi connectivity index (χ0v) is 12.7. The van der Waals surface area contributed by atoms with Crippen molar-refractivity contribution in [3.8, 4) is 0 Å². The normalized spacial score (nSPS) is 9.67. The summed E-state index contributed by atoms with van der Waals surface area (Å²) < 4.78 is 25.9. The van der Waals surface area contributed by atoms with E-state index in [0.29, 0.717) is 6.26 Å². The van der Waals surface area contributed by atoms with Crippen LogP contribution in [0.3, 0.4) is 0 Å². The Morgan fingerprint density at radius 1 is 1.50 bits per heavy atom. The summed E-state index contributed by atoms with van der Waals surface area (Å²) in [4.78, 5) is 0. The van der Waals surface area contributed by atoms with E-state index in [4.69, 9.17) is 4.55 Å². The van der Waals surface area contributed by atoms with Crippen LogP contribution in [-0.4, -0.2) is 19.2 Å². The molecule has 0 aliphatic heterocycles. The molecule has 0 atom stereocenters. The SMILES string of the molecule is CS(=O)(=O)O.[Fr]. The van der Waals surface area contributed by atoms with Crippen LogP contribution in [0, 0.1) is 49.9 Å². The molecule has 33 valence electrons. The fourth-order valence-electron chi connectivity index (χ4n) is 0. The van der Waals surface area contributed by atoms with E-state index in [2.05, 4.69) is 0 Å². The van der Waals surface area contributed by atoms with Crippen molar-refractivity contribution in [1.82, 2.24) is 0 Å². The van der Waals surface area contributed by atoms with E-state index >= 15 is 0 Å². The molecule has 3 nitrogen and oxygen atoms in total. The van der Waals surface area contributed by atoms with Gasteiger partial charge in [0.05, 0.1) is 6.26 Å². The summed E-state index contributed by atoms with van der Waals surface area (Å²) in [5.74, 6) is 0. The summed E-state index contributed by atoms with van der Waals surface area (Å²) in [5, 5.41) is 0. The van der Waals surface area contributed by atoms with Crippen LogP contribution in [0.4, 0.5) is 0 Å². The third kappa shape index (κ3) is 49.2. The molecule has 0 bridgehead atoms. The minimum atomic E-state index is -3.67. The van der Waals surface area contributed by atoms with Crippen molar-refractivity contribution in [2.24, 2.45) is 0 Å². The Kier molecular flexibility index (Phi) is 6.12. The summed E-state index contributed by atoms with van der Waals surface area (Å²) in [6, 6.07) is 0. The van der Waals surface area contributed by atoms with Crippen molar-refractivity contribution in [2.75, 3.05) is 6.26 Å². The molecule has 0 aromatic heterocycles. The predicted octanol–water partition coefficient (Wildman–Crippen LogP) is -0.496. The maximum atomic E-state index is 9.19. The van der Waals surface area contributed by atoms with Gasteiger partial charge in [0.2, 0.25) is 0 Å². The first-order valence-electron chi connectivity index (χ1n) is 0.924. The Morgan fingerprint density at radius 2 is 1.50 bits per heavy atom. The van der Waals surface area contributed by atoms with Crippen molar-refractivity contribution < 1.29 is 62.8 Å². The van der Waals surface area contributed by atoms with Crippen LogP contribution >= 0.6 is 0 Å². The molecule has 6 heavy (non-hydrogen) atoms. The summed E-state index contributed by atoms with van der Waals surface area (Å²) in [6.45, 7) is 0. The summed E-state index contributed by atoms with van der Waals surface area (Å²) in [6.07, 6.45) is 0.715. The molecule has 0 amide bonds. The minimum absolute atomic E-state index is 0. The number of hydrogen-bond acceptors (Lipinski definition) is 2. The molecule has 0 aromatic carbocycles. The Balaban J connectivity index is 0. The van der Waals surface area contributed by atoms with Gasteiger partial charge in [0.15, 0.2) is 0 Å². The molecule has 1 radical (unpaired) electrons. The van der Waals surface area contributed by atoms with Crippen molar-refractivity contribution in [3.63, 3.8) is 0 Å². The van der Waals surface area contributed by atoms with Gasteiger partial charge < -0.3 is 0 Å². The van der Waals surface area contributed by atoms with Crippen molar-refractivity contribution in [3.05, 3.63) is 0 Å². The molecule has 0 spiro atoms. The van der Waals surface area contributed by atoms with Crippen LogP contribution < -0.4 is 0 Å². The molecular weight excluding hydrogens is 315 g/mol. The Labute approximate surface area is 77.9 Å². The average molecular weight is 319 g/mol. The fraction of sp³-hybridized carbons (Fsp3) is 1.00. The zero-order valence-electron chi connectivity index (χ0n) is 3.67. The molecule has 0 rings (SSSR count). The van der Waals surface area contributed by atoms with Crippen LogP contribution in [-0.2, 0) is 10.1 Å². The van der Waals surface area contributed by atoms with Crippen LogP contribution in [0.15, 0.2) is 0 Å². The second-order valence-electron chi connectivity index (χ2n) is 0.733. The first kappa shape index (κ1) is 10.5. The van der Waals surface area contributed by atoms with Crippen LogP contribution in [0.2, 0.25) is 0 Å². The fourth-order valence-corrected chi connectivity index (χ4v) is 0. The first-order chi connectivity index (χ1) is 2.00. The molecule has 0 saturated carbocycles. The van der Waals surface area contributed by atoms with Gasteiger partial charge in [-0.05, 0) is 0 Å². The van der Waals surface area contributed by atoms with Gasteiger partial charge in [-0.25, -0.2) is 0 Å². The Morgan fingerprint density at radius 3 is 1.50 bits per heavy atom. The van der Waals surface area contributed by atoms with E-state index in [1.54, 1.807) is 0 Å². The van der Waals surface area contributed by atoms with Crippen molar-refractivity contribution in [2.45, 2.75) is 0 Å². The largest absolute Gasteiger partial charge is 0.286 e. The molecule has 0 fully saturated rings. The van der Waals surface area contributed by atoms with E-state index in [1.807, 2.05) is 0 Å². The quantitative estimate of drug-likeness (QED) is 0.613. The van der Waals surface area contributed by atoms with Gasteiger partial charge in [-0.15, -0.1) is 0 Å².